The molecule has 3 heteroatoms. The van der Waals surface area contributed by atoms with Gasteiger partial charge in [-0.3, -0.25) is 0 Å². The van der Waals surface area contributed by atoms with Crippen molar-refractivity contribution >= 4 is 0 Å². The number of hydrogen-bond donors (Lipinski definition) is 0. The first-order chi connectivity index (χ1) is 14.3. The first-order valence-electron chi connectivity index (χ1n) is 9.77. The minimum atomic E-state index is -0.730. The lowest BCUT2D eigenvalue weighted by atomic mass is 9.80. The van der Waals surface area contributed by atoms with E-state index in [4.69, 9.17) is 4.74 Å². The fraction of sp³-hybridized carbons (Fsp3) is 0.115. The summed E-state index contributed by atoms with van der Waals surface area (Å²) in [4.78, 5) is 0. The molecule has 0 atom stereocenters. The smallest absolute Gasteiger partial charge is 0.183 e. The van der Waals surface area contributed by atoms with Gasteiger partial charge in [0.15, 0.2) is 12.4 Å². The molecule has 1 heterocycles. The molecule has 0 aliphatic carbocycles. The first kappa shape index (κ1) is 18.9. The minimum Gasteiger partial charge on any atom is -0.619 e. The van der Waals surface area contributed by atoms with E-state index in [-0.39, 0.29) is 0 Å². The van der Waals surface area contributed by atoms with E-state index < -0.39 is 5.60 Å². The molecule has 0 fully saturated rings. The van der Waals surface area contributed by atoms with E-state index in [1.54, 1.807) is 12.3 Å². The lowest BCUT2D eigenvalue weighted by molar-refractivity contribution is -0.605. The van der Waals surface area contributed by atoms with Crippen LogP contribution in [0.15, 0.2) is 116 Å². The Hall–Kier alpha value is -3.43. The predicted molar refractivity (Wildman–Crippen MR) is 114 cm³/mol. The molecule has 0 aliphatic rings. The summed E-state index contributed by atoms with van der Waals surface area (Å²) in [7, 11) is 0. The summed E-state index contributed by atoms with van der Waals surface area (Å²) in [5.41, 5.74) is 3.44. The second kappa shape index (κ2) is 8.72. The van der Waals surface area contributed by atoms with Gasteiger partial charge in [-0.25, -0.2) is 0 Å². The quantitative estimate of drug-likeness (QED) is 0.260. The first-order valence-corrected chi connectivity index (χ1v) is 9.77. The zero-order valence-corrected chi connectivity index (χ0v) is 16.1. The molecule has 0 aliphatic heterocycles. The Morgan fingerprint density at radius 1 is 0.655 bits per heavy atom. The maximum absolute atomic E-state index is 11.6. The third-order valence-corrected chi connectivity index (χ3v) is 5.09. The Labute approximate surface area is 171 Å². The van der Waals surface area contributed by atoms with Gasteiger partial charge in [-0.05, 0) is 22.8 Å². The zero-order chi connectivity index (χ0) is 19.9. The van der Waals surface area contributed by atoms with Crippen LogP contribution in [0.1, 0.15) is 22.3 Å². The van der Waals surface area contributed by atoms with Crippen molar-refractivity contribution in [1.29, 1.82) is 0 Å². The summed E-state index contributed by atoms with van der Waals surface area (Å²) in [6, 6.07) is 34.6. The number of aromatic nitrogens is 1. The Morgan fingerprint density at radius 2 is 1.14 bits per heavy atom. The second-order valence-electron chi connectivity index (χ2n) is 6.95. The van der Waals surface area contributed by atoms with E-state index in [1.807, 2.05) is 60.7 Å². The van der Waals surface area contributed by atoms with Crippen LogP contribution >= 0.6 is 0 Å². The average Bonchev–Trinajstić information content (AvgIpc) is 2.79. The molecule has 0 spiro atoms. The fourth-order valence-electron chi connectivity index (χ4n) is 3.74. The van der Waals surface area contributed by atoms with Gasteiger partial charge in [-0.15, -0.1) is 0 Å². The third kappa shape index (κ3) is 4.05. The summed E-state index contributed by atoms with van der Waals surface area (Å²) >= 11 is 0. The molecule has 0 unspecified atom stereocenters. The maximum Gasteiger partial charge on any atom is 0.183 e. The fourth-order valence-corrected chi connectivity index (χ4v) is 3.74. The number of hydrogen-bond acceptors (Lipinski definition) is 2. The van der Waals surface area contributed by atoms with Crippen LogP contribution in [0.4, 0.5) is 0 Å². The van der Waals surface area contributed by atoms with Gasteiger partial charge < -0.3 is 9.94 Å². The van der Waals surface area contributed by atoms with Crippen molar-refractivity contribution in [1.82, 2.24) is 0 Å². The largest absolute Gasteiger partial charge is 0.619 e. The number of ether oxygens (including phenoxy) is 1. The van der Waals surface area contributed by atoms with Gasteiger partial charge in [-0.1, -0.05) is 91.0 Å². The van der Waals surface area contributed by atoms with Crippen LogP contribution in [0.3, 0.4) is 0 Å². The third-order valence-electron chi connectivity index (χ3n) is 5.09. The number of pyridine rings is 1. The van der Waals surface area contributed by atoms with Crippen LogP contribution in [0.5, 0.6) is 0 Å². The van der Waals surface area contributed by atoms with Crippen molar-refractivity contribution < 1.29 is 9.47 Å². The molecule has 0 saturated carbocycles. The van der Waals surface area contributed by atoms with Gasteiger partial charge in [0.25, 0.3) is 0 Å². The highest BCUT2D eigenvalue weighted by Crippen LogP contribution is 2.40. The Kier molecular flexibility index (Phi) is 5.68. The lowest BCUT2D eigenvalue weighted by Crippen LogP contribution is -2.34. The van der Waals surface area contributed by atoms with Gasteiger partial charge >= 0.3 is 0 Å². The van der Waals surface area contributed by atoms with Crippen molar-refractivity contribution in [3.63, 3.8) is 0 Å². The normalized spacial score (nSPS) is 11.3. The Bertz CT molecular complexity index is 937. The highest BCUT2D eigenvalue weighted by atomic mass is 16.5. The summed E-state index contributed by atoms with van der Waals surface area (Å²) in [5, 5.41) is 11.6. The van der Waals surface area contributed by atoms with E-state index in [2.05, 4.69) is 36.4 Å². The second-order valence-corrected chi connectivity index (χ2v) is 6.95. The summed E-state index contributed by atoms with van der Waals surface area (Å²) in [6.07, 6.45) is 3.74. The Morgan fingerprint density at radius 3 is 1.59 bits per heavy atom. The SMILES string of the molecule is [O-][n+]1cccc(CCOC(c2ccccc2)(c2ccccc2)c2ccccc2)c1. The van der Waals surface area contributed by atoms with Crippen LogP contribution in [0, 0.1) is 5.21 Å². The molecule has 3 aromatic carbocycles. The van der Waals surface area contributed by atoms with E-state index >= 15 is 0 Å². The number of rotatable bonds is 7. The summed E-state index contributed by atoms with van der Waals surface area (Å²) < 4.78 is 7.55. The monoisotopic (exact) mass is 381 g/mol. The molecule has 144 valence electrons. The molecular weight excluding hydrogens is 358 g/mol. The van der Waals surface area contributed by atoms with Gasteiger partial charge in [0.1, 0.15) is 5.60 Å². The number of nitrogens with zero attached hydrogens (tertiary/aromatic N) is 1. The van der Waals surface area contributed by atoms with Gasteiger partial charge in [0.05, 0.1) is 6.61 Å². The van der Waals surface area contributed by atoms with Crippen LogP contribution < -0.4 is 4.73 Å². The highest BCUT2D eigenvalue weighted by Gasteiger charge is 2.37. The topological polar surface area (TPSA) is 36.2 Å². The van der Waals surface area contributed by atoms with Crippen molar-refractivity contribution in [3.05, 3.63) is 143 Å². The highest BCUT2D eigenvalue weighted by molar-refractivity contribution is 5.47. The molecule has 0 saturated heterocycles. The van der Waals surface area contributed by atoms with Crippen LogP contribution in [0.25, 0.3) is 0 Å². The molecule has 4 aromatic rings. The van der Waals surface area contributed by atoms with Crippen LogP contribution in [-0.4, -0.2) is 6.61 Å². The molecule has 3 nitrogen and oxygen atoms in total. The standard InChI is InChI=1S/C26H23NO2/c28-27-19-10-11-22(21-27)18-20-29-26(23-12-4-1-5-13-23,24-14-6-2-7-15-24)25-16-8-3-9-17-25/h1-17,19,21H,18,20H2. The van der Waals surface area contributed by atoms with Crippen LogP contribution in [0.2, 0.25) is 0 Å². The molecule has 0 bridgehead atoms. The molecule has 29 heavy (non-hydrogen) atoms. The molecule has 0 amide bonds. The zero-order valence-electron chi connectivity index (χ0n) is 16.1. The van der Waals surface area contributed by atoms with Crippen molar-refractivity contribution in [2.24, 2.45) is 0 Å². The van der Waals surface area contributed by atoms with E-state index in [1.165, 1.54) is 6.20 Å². The molecular formula is C26H23NO2. The van der Waals surface area contributed by atoms with Crippen molar-refractivity contribution in [3.8, 4) is 0 Å². The number of benzene rings is 3. The van der Waals surface area contributed by atoms with E-state index in [9.17, 15) is 5.21 Å². The summed E-state index contributed by atoms with van der Waals surface area (Å²) in [6.45, 7) is 0.475. The van der Waals surface area contributed by atoms with Crippen molar-refractivity contribution in [2.75, 3.05) is 6.61 Å². The Balaban J connectivity index is 1.77. The summed E-state index contributed by atoms with van der Waals surface area (Å²) in [5.74, 6) is 0. The minimum absolute atomic E-state index is 0.475. The average molecular weight is 381 g/mol. The van der Waals surface area contributed by atoms with Gasteiger partial charge in [0.2, 0.25) is 0 Å². The maximum atomic E-state index is 11.6. The molecule has 0 radical (unpaired) electrons. The molecule has 4 rings (SSSR count). The van der Waals surface area contributed by atoms with Crippen LogP contribution in [-0.2, 0) is 16.8 Å². The lowest BCUT2D eigenvalue weighted by Gasteiger charge is -2.36. The molecule has 1 aromatic heterocycles. The van der Waals surface area contributed by atoms with Gasteiger partial charge in [-0.2, -0.15) is 4.73 Å². The molecule has 0 N–H and O–H groups in total. The van der Waals surface area contributed by atoms with Gasteiger partial charge in [0, 0.05) is 18.1 Å². The van der Waals surface area contributed by atoms with E-state index in [0.717, 1.165) is 27.0 Å². The van der Waals surface area contributed by atoms with E-state index in [0.29, 0.717) is 13.0 Å². The predicted octanol–water partition coefficient (Wildman–Crippen LogP) is 4.87. The van der Waals surface area contributed by atoms with Crippen molar-refractivity contribution in [2.45, 2.75) is 12.0 Å².